The summed E-state index contributed by atoms with van der Waals surface area (Å²) in [4.78, 5) is 49.7. The maximum atomic E-state index is 13.3. The van der Waals surface area contributed by atoms with E-state index in [-0.39, 0.29) is 18.1 Å². The van der Waals surface area contributed by atoms with Crippen LogP contribution in [-0.2, 0) is 28.9 Å². The van der Waals surface area contributed by atoms with Crippen LogP contribution in [0, 0.1) is 11.3 Å². The molecule has 11 heteroatoms. The molecule has 0 aliphatic carbocycles. The smallest absolute Gasteiger partial charge is 0.328 e. The fourth-order valence-electron chi connectivity index (χ4n) is 4.88. The highest BCUT2D eigenvalue weighted by Gasteiger charge is 2.30. The first-order chi connectivity index (χ1) is 17.5. The van der Waals surface area contributed by atoms with Gasteiger partial charge in [-0.25, -0.2) is 14.8 Å². The number of hydrogen-bond donors (Lipinski definition) is 1. The minimum atomic E-state index is -0.442. The third-order valence-electron chi connectivity index (χ3n) is 6.69. The second-order valence-electron chi connectivity index (χ2n) is 9.05. The number of aldehydes is 1. The summed E-state index contributed by atoms with van der Waals surface area (Å²) in [5.41, 5.74) is 2.66. The Bertz CT molecular complexity index is 1270. The third kappa shape index (κ3) is 4.35. The number of likely N-dealkylation sites (N-methyl/N-ethyl adjacent to an activating group) is 1. The summed E-state index contributed by atoms with van der Waals surface area (Å²) in [5, 5.41) is 12.1. The maximum absolute atomic E-state index is 13.3. The van der Waals surface area contributed by atoms with Crippen molar-refractivity contribution in [2.45, 2.75) is 44.8 Å². The summed E-state index contributed by atoms with van der Waals surface area (Å²) in [7, 11) is 1.69. The van der Waals surface area contributed by atoms with Gasteiger partial charge >= 0.3 is 6.03 Å². The van der Waals surface area contributed by atoms with Crippen LogP contribution in [0.1, 0.15) is 52.0 Å². The molecule has 3 aliphatic rings. The van der Waals surface area contributed by atoms with E-state index in [9.17, 15) is 19.6 Å². The predicted molar refractivity (Wildman–Crippen MR) is 128 cm³/mol. The maximum Gasteiger partial charge on any atom is 0.328 e. The quantitative estimate of drug-likeness (QED) is 0.630. The van der Waals surface area contributed by atoms with Crippen molar-refractivity contribution in [3.05, 3.63) is 40.2 Å². The van der Waals surface area contributed by atoms with Crippen LogP contribution in [-0.4, -0.2) is 66.0 Å². The normalized spacial score (nSPS) is 18.0. The van der Waals surface area contributed by atoms with Gasteiger partial charge in [0, 0.05) is 44.3 Å². The Labute approximate surface area is 208 Å². The van der Waals surface area contributed by atoms with Crippen LogP contribution in [0.2, 0.25) is 0 Å². The van der Waals surface area contributed by atoms with Gasteiger partial charge in [-0.05, 0) is 37.3 Å². The highest BCUT2D eigenvalue weighted by Crippen LogP contribution is 2.34. The van der Waals surface area contributed by atoms with Gasteiger partial charge < -0.3 is 14.4 Å². The number of carbonyl (C=O) groups excluding carboxylic acids is 3. The lowest BCUT2D eigenvalue weighted by Crippen LogP contribution is -2.40. The molecule has 0 spiro atoms. The lowest BCUT2D eigenvalue weighted by molar-refractivity contribution is -0.140. The number of ether oxygens (including phenoxy) is 2. The molecule has 1 atom stereocenters. The van der Waals surface area contributed by atoms with Gasteiger partial charge in [0.25, 0.3) is 5.91 Å². The Morgan fingerprint density at radius 3 is 2.94 bits per heavy atom. The van der Waals surface area contributed by atoms with Crippen molar-refractivity contribution in [2.24, 2.45) is 0 Å². The molecule has 1 unspecified atom stereocenters. The first-order valence-corrected chi connectivity index (χ1v) is 12.0. The molecule has 186 valence electrons. The summed E-state index contributed by atoms with van der Waals surface area (Å²) >= 11 is 0. The Balaban J connectivity index is 1.37. The molecule has 0 radical (unpaired) electrons. The number of aryl methyl sites for hydroxylation is 1. The Kier molecular flexibility index (Phi) is 6.52. The molecule has 2 aromatic rings. The molecule has 0 bridgehead atoms. The standard InChI is InChI=1S/C25H26N6O5/c1-30(24(33)20-5-3-8-35-20)13-16-10-15-4-2-7-31(23(15)28-19(16)14-32)25(34)29-22-18-6-9-36-21(18)17(11-26)12-27-22/h10,12,14,20H,2-9,13H2,1H3,(H,27,29,34). The van der Waals surface area contributed by atoms with Crippen molar-refractivity contribution in [1.29, 1.82) is 5.26 Å². The number of amides is 3. The number of pyridine rings is 2. The number of anilines is 2. The molecule has 0 aromatic carbocycles. The van der Waals surface area contributed by atoms with Crippen LogP contribution >= 0.6 is 0 Å². The van der Waals surface area contributed by atoms with Crippen LogP contribution < -0.4 is 15.0 Å². The van der Waals surface area contributed by atoms with Gasteiger partial charge in [-0.1, -0.05) is 0 Å². The van der Waals surface area contributed by atoms with E-state index in [0.29, 0.717) is 85.8 Å². The average Bonchev–Trinajstić information content (AvgIpc) is 3.60. The van der Waals surface area contributed by atoms with E-state index >= 15 is 0 Å². The number of hydrogen-bond acceptors (Lipinski definition) is 8. The topological polar surface area (TPSA) is 138 Å². The van der Waals surface area contributed by atoms with Crippen LogP contribution in [0.15, 0.2) is 12.3 Å². The van der Waals surface area contributed by atoms with E-state index < -0.39 is 12.1 Å². The third-order valence-corrected chi connectivity index (χ3v) is 6.69. The molecule has 5 heterocycles. The first kappa shape index (κ1) is 23.7. The molecule has 1 N–H and O–H groups in total. The molecule has 3 aliphatic heterocycles. The molecular weight excluding hydrogens is 464 g/mol. The Morgan fingerprint density at radius 1 is 1.33 bits per heavy atom. The van der Waals surface area contributed by atoms with Crippen LogP contribution in [0.25, 0.3) is 0 Å². The van der Waals surface area contributed by atoms with E-state index in [1.165, 1.54) is 11.1 Å². The highest BCUT2D eigenvalue weighted by atomic mass is 16.5. The van der Waals surface area contributed by atoms with Gasteiger partial charge in [-0.2, -0.15) is 5.26 Å². The van der Waals surface area contributed by atoms with Crippen molar-refractivity contribution in [3.63, 3.8) is 0 Å². The number of carbonyl (C=O) groups is 3. The second-order valence-corrected chi connectivity index (χ2v) is 9.05. The summed E-state index contributed by atoms with van der Waals surface area (Å²) in [6.45, 7) is 1.65. The summed E-state index contributed by atoms with van der Waals surface area (Å²) in [6.07, 6.45) is 5.09. The lowest BCUT2D eigenvalue weighted by Gasteiger charge is -2.30. The SMILES string of the molecule is CN(Cc1cc2c(nc1C=O)N(C(=O)Nc1ncc(C#N)c3c1CCO3)CCC2)C(=O)C1CCCO1. The number of nitrogens with one attached hydrogen (secondary N) is 1. The second kappa shape index (κ2) is 9.91. The summed E-state index contributed by atoms with van der Waals surface area (Å²) < 4.78 is 11.0. The molecule has 5 rings (SSSR count). The lowest BCUT2D eigenvalue weighted by atomic mass is 10.0. The number of urea groups is 1. The van der Waals surface area contributed by atoms with Crippen molar-refractivity contribution in [1.82, 2.24) is 14.9 Å². The molecular formula is C25H26N6O5. The minimum Gasteiger partial charge on any atom is -0.491 e. The van der Waals surface area contributed by atoms with Crippen LogP contribution in [0.3, 0.4) is 0 Å². The number of nitrogens with zero attached hydrogens (tertiary/aromatic N) is 5. The fraction of sp³-hybridized carbons (Fsp3) is 0.440. The minimum absolute atomic E-state index is 0.116. The first-order valence-electron chi connectivity index (χ1n) is 12.0. The zero-order valence-electron chi connectivity index (χ0n) is 20.0. The Morgan fingerprint density at radius 2 is 2.19 bits per heavy atom. The van der Waals surface area contributed by atoms with Crippen molar-refractivity contribution in [3.8, 4) is 11.8 Å². The molecule has 1 saturated heterocycles. The number of rotatable bonds is 5. The molecule has 0 saturated carbocycles. The zero-order valence-corrected chi connectivity index (χ0v) is 20.0. The van der Waals surface area contributed by atoms with Gasteiger partial charge in [0.1, 0.15) is 40.8 Å². The van der Waals surface area contributed by atoms with E-state index in [4.69, 9.17) is 9.47 Å². The molecule has 2 aromatic heterocycles. The van der Waals surface area contributed by atoms with Crippen molar-refractivity contribution >= 4 is 29.9 Å². The Hall–Kier alpha value is -4.04. The van der Waals surface area contributed by atoms with E-state index in [0.717, 1.165) is 12.0 Å². The summed E-state index contributed by atoms with van der Waals surface area (Å²) in [5.74, 6) is 1.10. The number of aromatic nitrogens is 2. The largest absolute Gasteiger partial charge is 0.491 e. The highest BCUT2D eigenvalue weighted by molar-refractivity contribution is 6.02. The fourth-order valence-corrected chi connectivity index (χ4v) is 4.88. The van der Waals surface area contributed by atoms with Gasteiger partial charge in [-0.15, -0.1) is 0 Å². The molecule has 11 nitrogen and oxygen atoms in total. The summed E-state index contributed by atoms with van der Waals surface area (Å²) in [6, 6.07) is 3.48. The monoisotopic (exact) mass is 490 g/mol. The number of nitriles is 1. The molecule has 36 heavy (non-hydrogen) atoms. The average molecular weight is 491 g/mol. The van der Waals surface area contributed by atoms with Crippen molar-refractivity contribution < 1.29 is 23.9 Å². The van der Waals surface area contributed by atoms with Gasteiger partial charge in [0.15, 0.2) is 6.29 Å². The zero-order chi connectivity index (χ0) is 25.2. The van der Waals surface area contributed by atoms with E-state index in [1.54, 1.807) is 11.9 Å². The van der Waals surface area contributed by atoms with Crippen LogP contribution in [0.4, 0.5) is 16.4 Å². The van der Waals surface area contributed by atoms with E-state index in [2.05, 4.69) is 21.4 Å². The predicted octanol–water partition coefficient (Wildman–Crippen LogP) is 2.22. The molecule has 1 fully saturated rings. The van der Waals surface area contributed by atoms with E-state index in [1.807, 2.05) is 6.07 Å². The van der Waals surface area contributed by atoms with Crippen LogP contribution in [0.5, 0.6) is 5.75 Å². The van der Waals surface area contributed by atoms with Gasteiger partial charge in [0.05, 0.1) is 12.8 Å². The van der Waals surface area contributed by atoms with Crippen molar-refractivity contribution in [2.75, 3.05) is 37.0 Å². The van der Waals surface area contributed by atoms with Gasteiger partial charge in [-0.3, -0.25) is 19.8 Å². The van der Waals surface area contributed by atoms with Gasteiger partial charge in [0.2, 0.25) is 0 Å². The molecule has 3 amide bonds. The number of fused-ring (bicyclic) bond motifs is 2.